The number of aromatic nitrogens is 1. The summed E-state index contributed by atoms with van der Waals surface area (Å²) < 4.78 is 6.45. The molecule has 0 unspecified atom stereocenters. The van der Waals surface area contributed by atoms with Crippen molar-refractivity contribution >= 4 is 28.3 Å². The fourth-order valence-corrected chi connectivity index (χ4v) is 2.30. The van der Waals surface area contributed by atoms with Gasteiger partial charge in [0, 0.05) is 6.07 Å². The smallest absolute Gasteiger partial charge is 0.214 e. The number of halogens is 2. The van der Waals surface area contributed by atoms with Crippen molar-refractivity contribution in [2.24, 2.45) is 5.92 Å². The number of hydrogen-bond acceptors (Lipinski definition) is 3. The van der Waals surface area contributed by atoms with Gasteiger partial charge in [-0.2, -0.15) is 0 Å². The van der Waals surface area contributed by atoms with Crippen molar-refractivity contribution < 1.29 is 4.74 Å². The summed E-state index contributed by atoms with van der Waals surface area (Å²) in [4.78, 5) is 4.24. The molecule has 17 heavy (non-hydrogen) atoms. The standard InChI is InChI=1S/C12H17BrN2O.ClH/c13-11-2-1-3-12(15-11)16-9-6-10-4-7-14-8-5-10;/h1-3,10,14H,4-9H2;1H. The number of piperidine rings is 1. The minimum absolute atomic E-state index is 0. The summed E-state index contributed by atoms with van der Waals surface area (Å²) in [6.45, 7) is 3.08. The van der Waals surface area contributed by atoms with Crippen LogP contribution in [0.5, 0.6) is 5.88 Å². The summed E-state index contributed by atoms with van der Waals surface area (Å²) in [5, 5.41) is 3.37. The van der Waals surface area contributed by atoms with Crippen LogP contribution < -0.4 is 10.1 Å². The second-order valence-corrected chi connectivity index (χ2v) is 4.94. The van der Waals surface area contributed by atoms with Crippen LogP contribution in [0.15, 0.2) is 22.8 Å². The van der Waals surface area contributed by atoms with Gasteiger partial charge in [0.05, 0.1) is 6.61 Å². The molecule has 1 aromatic rings. The summed E-state index contributed by atoms with van der Waals surface area (Å²) in [6.07, 6.45) is 3.68. The Balaban J connectivity index is 0.00000144. The molecule has 1 N–H and O–H groups in total. The van der Waals surface area contributed by atoms with Crippen LogP contribution in [0.2, 0.25) is 0 Å². The highest BCUT2D eigenvalue weighted by Crippen LogP contribution is 2.17. The molecule has 2 rings (SSSR count). The molecule has 1 aromatic heterocycles. The number of nitrogens with one attached hydrogen (secondary N) is 1. The third kappa shape index (κ3) is 5.23. The number of pyridine rings is 1. The first kappa shape index (κ1) is 14.7. The fourth-order valence-electron chi connectivity index (χ4n) is 1.97. The van der Waals surface area contributed by atoms with Crippen LogP contribution in [0.4, 0.5) is 0 Å². The molecule has 0 saturated carbocycles. The van der Waals surface area contributed by atoms with Crippen molar-refractivity contribution in [1.82, 2.24) is 10.3 Å². The molecular formula is C12H18BrClN2O. The first-order valence-corrected chi connectivity index (χ1v) is 6.60. The third-order valence-corrected chi connectivity index (χ3v) is 3.37. The zero-order chi connectivity index (χ0) is 11.2. The van der Waals surface area contributed by atoms with Crippen LogP contribution in [-0.2, 0) is 0 Å². The van der Waals surface area contributed by atoms with Crippen molar-refractivity contribution in [3.8, 4) is 5.88 Å². The molecule has 1 saturated heterocycles. The Morgan fingerprint density at radius 2 is 2.12 bits per heavy atom. The summed E-state index contributed by atoms with van der Waals surface area (Å²) in [5.41, 5.74) is 0. The zero-order valence-corrected chi connectivity index (χ0v) is 12.1. The largest absolute Gasteiger partial charge is 0.478 e. The van der Waals surface area contributed by atoms with E-state index < -0.39 is 0 Å². The minimum Gasteiger partial charge on any atom is -0.478 e. The molecule has 0 aliphatic carbocycles. The van der Waals surface area contributed by atoms with E-state index in [0.29, 0.717) is 5.88 Å². The van der Waals surface area contributed by atoms with Crippen molar-refractivity contribution in [3.63, 3.8) is 0 Å². The Labute approximate surface area is 117 Å². The van der Waals surface area contributed by atoms with E-state index in [4.69, 9.17) is 4.74 Å². The SMILES string of the molecule is Brc1cccc(OCCC2CCNCC2)n1.Cl. The van der Waals surface area contributed by atoms with Gasteiger partial charge >= 0.3 is 0 Å². The summed E-state index contributed by atoms with van der Waals surface area (Å²) in [6, 6.07) is 5.74. The van der Waals surface area contributed by atoms with Gasteiger partial charge in [-0.1, -0.05) is 6.07 Å². The summed E-state index contributed by atoms with van der Waals surface area (Å²) in [5.74, 6) is 1.52. The molecule has 2 heterocycles. The molecule has 0 amide bonds. The van der Waals surface area contributed by atoms with Crippen molar-refractivity contribution in [2.45, 2.75) is 19.3 Å². The van der Waals surface area contributed by atoms with E-state index in [9.17, 15) is 0 Å². The van der Waals surface area contributed by atoms with Gasteiger partial charge in [-0.05, 0) is 60.3 Å². The molecule has 1 aliphatic heterocycles. The Morgan fingerprint density at radius 3 is 2.82 bits per heavy atom. The van der Waals surface area contributed by atoms with Crippen molar-refractivity contribution in [3.05, 3.63) is 22.8 Å². The normalized spacial score (nSPS) is 16.3. The lowest BCUT2D eigenvalue weighted by molar-refractivity contribution is 0.245. The number of rotatable bonds is 4. The quantitative estimate of drug-likeness (QED) is 0.866. The highest BCUT2D eigenvalue weighted by atomic mass is 79.9. The van der Waals surface area contributed by atoms with Crippen LogP contribution in [-0.4, -0.2) is 24.7 Å². The first-order chi connectivity index (χ1) is 7.84. The molecule has 0 spiro atoms. The van der Waals surface area contributed by atoms with Gasteiger partial charge < -0.3 is 10.1 Å². The lowest BCUT2D eigenvalue weighted by Gasteiger charge is -2.22. The molecule has 5 heteroatoms. The Bertz CT molecular complexity index is 332. The predicted molar refractivity (Wildman–Crippen MR) is 74.9 cm³/mol. The predicted octanol–water partition coefficient (Wildman–Crippen LogP) is 3.03. The molecule has 0 atom stereocenters. The van der Waals surface area contributed by atoms with Gasteiger partial charge in [0.15, 0.2) is 0 Å². The third-order valence-electron chi connectivity index (χ3n) is 2.92. The zero-order valence-electron chi connectivity index (χ0n) is 9.69. The molecular weight excluding hydrogens is 304 g/mol. The number of ether oxygens (including phenoxy) is 1. The molecule has 0 bridgehead atoms. The van der Waals surface area contributed by atoms with E-state index in [0.717, 1.165) is 36.6 Å². The van der Waals surface area contributed by atoms with E-state index in [1.54, 1.807) is 0 Å². The van der Waals surface area contributed by atoms with Crippen LogP contribution in [0.1, 0.15) is 19.3 Å². The van der Waals surface area contributed by atoms with Gasteiger partial charge in [-0.15, -0.1) is 12.4 Å². The molecule has 96 valence electrons. The summed E-state index contributed by atoms with van der Waals surface area (Å²) in [7, 11) is 0. The summed E-state index contributed by atoms with van der Waals surface area (Å²) >= 11 is 3.33. The maximum Gasteiger partial charge on any atom is 0.214 e. The van der Waals surface area contributed by atoms with Gasteiger partial charge in [0.25, 0.3) is 0 Å². The van der Waals surface area contributed by atoms with E-state index in [1.165, 1.54) is 12.8 Å². The molecule has 3 nitrogen and oxygen atoms in total. The van der Waals surface area contributed by atoms with Crippen molar-refractivity contribution in [1.29, 1.82) is 0 Å². The Kier molecular flexibility index (Phi) is 6.85. The van der Waals surface area contributed by atoms with Gasteiger partial charge in [-0.3, -0.25) is 0 Å². The highest BCUT2D eigenvalue weighted by Gasteiger charge is 2.12. The fraction of sp³-hybridized carbons (Fsp3) is 0.583. The van der Waals surface area contributed by atoms with Crippen LogP contribution in [0, 0.1) is 5.92 Å². The van der Waals surface area contributed by atoms with Crippen molar-refractivity contribution in [2.75, 3.05) is 19.7 Å². The van der Waals surface area contributed by atoms with Gasteiger partial charge in [0.1, 0.15) is 4.60 Å². The van der Waals surface area contributed by atoms with Gasteiger partial charge in [0.2, 0.25) is 5.88 Å². The van der Waals surface area contributed by atoms with Crippen LogP contribution >= 0.6 is 28.3 Å². The van der Waals surface area contributed by atoms with E-state index in [1.807, 2.05) is 18.2 Å². The van der Waals surface area contributed by atoms with E-state index >= 15 is 0 Å². The second-order valence-electron chi connectivity index (χ2n) is 4.13. The first-order valence-electron chi connectivity index (χ1n) is 5.80. The highest BCUT2D eigenvalue weighted by molar-refractivity contribution is 9.10. The average Bonchev–Trinajstić information content (AvgIpc) is 2.30. The molecule has 0 aromatic carbocycles. The lowest BCUT2D eigenvalue weighted by Crippen LogP contribution is -2.28. The monoisotopic (exact) mass is 320 g/mol. The molecule has 1 fully saturated rings. The average molecular weight is 322 g/mol. The topological polar surface area (TPSA) is 34.1 Å². The van der Waals surface area contributed by atoms with Crippen LogP contribution in [0.3, 0.4) is 0 Å². The minimum atomic E-state index is 0. The van der Waals surface area contributed by atoms with E-state index in [2.05, 4.69) is 26.2 Å². The van der Waals surface area contributed by atoms with E-state index in [-0.39, 0.29) is 12.4 Å². The number of hydrogen-bond donors (Lipinski definition) is 1. The second kappa shape index (κ2) is 7.90. The Morgan fingerprint density at radius 1 is 1.35 bits per heavy atom. The lowest BCUT2D eigenvalue weighted by atomic mass is 9.95. The molecule has 1 aliphatic rings. The van der Waals surface area contributed by atoms with Gasteiger partial charge in [-0.25, -0.2) is 4.98 Å². The molecule has 0 radical (unpaired) electrons. The maximum atomic E-state index is 5.63. The maximum absolute atomic E-state index is 5.63. The Hall–Kier alpha value is -0.320. The van der Waals surface area contributed by atoms with Crippen LogP contribution in [0.25, 0.3) is 0 Å². The number of nitrogens with zero attached hydrogens (tertiary/aromatic N) is 1.